The summed E-state index contributed by atoms with van der Waals surface area (Å²) in [6, 6.07) is 0. The largest absolute Gasteiger partial charge is 0.391 e. The summed E-state index contributed by atoms with van der Waals surface area (Å²) in [5.41, 5.74) is 1.25. The Balaban J connectivity index is 1.36. The molecule has 0 aromatic carbocycles. The minimum Gasteiger partial charge on any atom is -0.319 e. The van der Waals surface area contributed by atoms with Crippen molar-refractivity contribution < 1.29 is 17.4 Å². The van der Waals surface area contributed by atoms with Gasteiger partial charge < -0.3 is 16.0 Å². The van der Waals surface area contributed by atoms with E-state index in [9.17, 15) is 17.4 Å². The third kappa shape index (κ3) is 7.78. The number of piperidine rings is 2. The molecule has 38 heavy (non-hydrogen) atoms. The molecule has 1 aliphatic carbocycles. The number of thiol groups is 1. The Morgan fingerprint density at radius 3 is 2.58 bits per heavy atom. The summed E-state index contributed by atoms with van der Waals surface area (Å²) in [7, 11) is -0.868. The molecular weight excluding hydrogens is 513 g/mol. The molecule has 4 rings (SSSR count). The van der Waals surface area contributed by atoms with Gasteiger partial charge in [-0.25, -0.2) is 4.31 Å². The van der Waals surface area contributed by atoms with E-state index in [1.165, 1.54) is 18.6 Å². The van der Waals surface area contributed by atoms with Crippen molar-refractivity contribution in [2.45, 2.75) is 88.5 Å². The molecule has 0 aromatic heterocycles. The summed E-state index contributed by atoms with van der Waals surface area (Å²) in [6.45, 7) is 7.64. The second kappa shape index (κ2) is 13.4. The molecule has 0 bridgehead atoms. The lowest BCUT2D eigenvalue weighted by atomic mass is 9.88. The lowest BCUT2D eigenvalue weighted by molar-refractivity contribution is -0.181. The lowest BCUT2D eigenvalue weighted by Crippen LogP contribution is -2.57. The van der Waals surface area contributed by atoms with Gasteiger partial charge in [0, 0.05) is 55.7 Å². The molecule has 6 atom stereocenters. The first-order chi connectivity index (χ1) is 18.1. The van der Waals surface area contributed by atoms with E-state index in [-0.39, 0.29) is 30.4 Å². The maximum atomic E-state index is 13.9. The number of hydrogen-bond acceptors (Lipinski definition) is 6. The molecule has 3 heterocycles. The maximum absolute atomic E-state index is 13.9. The van der Waals surface area contributed by atoms with E-state index in [0.29, 0.717) is 43.7 Å². The van der Waals surface area contributed by atoms with E-state index in [4.69, 9.17) is 4.99 Å². The van der Waals surface area contributed by atoms with Gasteiger partial charge in [0.05, 0.1) is 12.1 Å². The average Bonchev–Trinajstić information content (AvgIpc) is 2.92. The van der Waals surface area contributed by atoms with Crippen LogP contribution in [0, 0.1) is 23.7 Å². The monoisotopic (exact) mass is 564 g/mol. The number of hydrogen-bond donors (Lipinski definition) is 5. The Labute approximate surface area is 228 Å². The van der Waals surface area contributed by atoms with Gasteiger partial charge in [-0.05, 0) is 76.9 Å². The first kappa shape index (κ1) is 30.4. The second-order valence-electron chi connectivity index (χ2n) is 12.4. The van der Waals surface area contributed by atoms with Gasteiger partial charge in [0.2, 0.25) is 0 Å². The van der Waals surface area contributed by atoms with Crippen LogP contribution in [0.25, 0.3) is 0 Å². The molecule has 0 radical (unpaired) electrons. The van der Waals surface area contributed by atoms with Gasteiger partial charge in [-0.15, -0.1) is 0 Å². The molecule has 4 aliphatic rings. The van der Waals surface area contributed by atoms with E-state index in [2.05, 4.69) is 28.2 Å². The first-order valence-electron chi connectivity index (χ1n) is 14.9. The molecule has 222 valence electrons. The molecule has 3 fully saturated rings. The quantitative estimate of drug-likeness (QED) is 0.279. The minimum absolute atomic E-state index is 0.0183. The van der Waals surface area contributed by atoms with E-state index < -0.39 is 22.2 Å². The standard InChI is InChI=1S/C27H51F3N6OS/c1-19(16-31-2)26-34-24(15-25(35-26)33-18-20-6-5-11-32-17-20)21-9-12-36(13-10-21)38(3,37)23-8-4-7-22(14-23)27(28,29)30/h19-23,25-26,31-33,35,38H,4-18H2,1-3H3. The summed E-state index contributed by atoms with van der Waals surface area (Å²) in [5, 5.41) is 13.9. The zero-order chi connectivity index (χ0) is 27.3. The van der Waals surface area contributed by atoms with Crippen molar-refractivity contribution in [1.82, 2.24) is 25.6 Å². The lowest BCUT2D eigenvalue weighted by Gasteiger charge is -2.46. The van der Waals surface area contributed by atoms with Crippen molar-refractivity contribution in [2.75, 3.05) is 52.6 Å². The third-order valence-electron chi connectivity index (χ3n) is 9.50. The summed E-state index contributed by atoms with van der Waals surface area (Å²) >= 11 is 0. The van der Waals surface area contributed by atoms with Crippen LogP contribution in [0.1, 0.15) is 64.7 Å². The zero-order valence-corrected chi connectivity index (χ0v) is 24.4. The zero-order valence-electron chi connectivity index (χ0n) is 23.5. The van der Waals surface area contributed by atoms with Gasteiger partial charge >= 0.3 is 6.18 Å². The van der Waals surface area contributed by atoms with Crippen LogP contribution in [0.5, 0.6) is 0 Å². The van der Waals surface area contributed by atoms with E-state index in [1.54, 1.807) is 6.26 Å². The van der Waals surface area contributed by atoms with Crippen LogP contribution in [0.2, 0.25) is 0 Å². The van der Waals surface area contributed by atoms with E-state index in [0.717, 1.165) is 45.4 Å². The molecule has 6 unspecified atom stereocenters. The van der Waals surface area contributed by atoms with Gasteiger partial charge in [-0.1, -0.05) is 23.5 Å². The van der Waals surface area contributed by atoms with Crippen molar-refractivity contribution in [2.24, 2.45) is 28.7 Å². The SMILES string of the molecule is CNCC(C)C1N=C(C2CCN([SH](C)(=O)C3CCCC(C(F)(F)F)C3)CC2)CC(NCC2CCCNC2)N1. The molecular formula is C27H51F3N6OS. The molecule has 0 amide bonds. The predicted molar refractivity (Wildman–Crippen MR) is 151 cm³/mol. The van der Waals surface area contributed by atoms with E-state index >= 15 is 0 Å². The normalized spacial score (nSPS) is 34.1. The van der Waals surface area contributed by atoms with Crippen molar-refractivity contribution in [3.63, 3.8) is 0 Å². The Morgan fingerprint density at radius 2 is 1.92 bits per heavy atom. The number of alkyl halides is 3. The minimum atomic E-state index is -4.18. The van der Waals surface area contributed by atoms with Crippen LogP contribution in [-0.2, 0) is 10.1 Å². The Bertz CT molecular complexity index is 828. The van der Waals surface area contributed by atoms with Gasteiger partial charge in [-0.3, -0.25) is 14.5 Å². The van der Waals surface area contributed by atoms with Crippen molar-refractivity contribution in [1.29, 1.82) is 0 Å². The number of nitrogens with one attached hydrogen (secondary N) is 4. The topological polar surface area (TPSA) is 80.8 Å². The Kier molecular flexibility index (Phi) is 10.7. The average molecular weight is 565 g/mol. The highest BCUT2D eigenvalue weighted by molar-refractivity contribution is 8.00. The molecule has 2 saturated heterocycles. The fraction of sp³-hybridized carbons (Fsp3) is 0.963. The summed E-state index contributed by atoms with van der Waals surface area (Å²) in [5.74, 6) is 0.0357. The van der Waals surface area contributed by atoms with E-state index in [1.807, 2.05) is 11.4 Å². The van der Waals surface area contributed by atoms with Crippen LogP contribution in [-0.4, -0.2) is 90.6 Å². The maximum Gasteiger partial charge on any atom is 0.391 e. The van der Waals surface area contributed by atoms with Crippen molar-refractivity contribution in [3.05, 3.63) is 0 Å². The highest BCUT2D eigenvalue weighted by Crippen LogP contribution is 2.42. The number of rotatable bonds is 9. The van der Waals surface area contributed by atoms with Crippen LogP contribution in [0.15, 0.2) is 4.99 Å². The van der Waals surface area contributed by atoms with Crippen molar-refractivity contribution in [3.8, 4) is 0 Å². The highest BCUT2D eigenvalue weighted by Gasteiger charge is 2.45. The molecule has 4 N–H and O–H groups in total. The fourth-order valence-corrected chi connectivity index (χ4v) is 9.80. The number of aliphatic imine (C=N–C) groups is 1. The van der Waals surface area contributed by atoms with Crippen LogP contribution in [0.3, 0.4) is 0 Å². The summed E-state index contributed by atoms with van der Waals surface area (Å²) < 4.78 is 56.1. The van der Waals surface area contributed by atoms with Crippen LogP contribution < -0.4 is 21.3 Å². The van der Waals surface area contributed by atoms with Gasteiger partial charge in [0.15, 0.2) is 0 Å². The second-order valence-corrected chi connectivity index (χ2v) is 15.6. The van der Waals surface area contributed by atoms with Crippen LogP contribution >= 0.6 is 0 Å². The van der Waals surface area contributed by atoms with Gasteiger partial charge in [0.1, 0.15) is 6.17 Å². The molecule has 7 nitrogen and oxygen atoms in total. The number of nitrogens with zero attached hydrogens (tertiary/aromatic N) is 2. The molecule has 0 spiro atoms. The van der Waals surface area contributed by atoms with Gasteiger partial charge in [-0.2, -0.15) is 13.2 Å². The first-order valence-corrected chi connectivity index (χ1v) is 17.1. The van der Waals surface area contributed by atoms with Crippen LogP contribution in [0.4, 0.5) is 13.2 Å². The fourth-order valence-electron chi connectivity index (χ4n) is 7.00. The van der Waals surface area contributed by atoms with Crippen molar-refractivity contribution >= 4 is 15.8 Å². The molecule has 0 aromatic rings. The number of halogens is 3. The predicted octanol–water partition coefficient (Wildman–Crippen LogP) is 2.91. The molecule has 3 aliphatic heterocycles. The molecule has 1 saturated carbocycles. The van der Waals surface area contributed by atoms with Gasteiger partial charge in [0.25, 0.3) is 0 Å². The smallest absolute Gasteiger partial charge is 0.319 e. The Hall–Kier alpha value is -0.590. The summed E-state index contributed by atoms with van der Waals surface area (Å²) in [6.07, 6.45) is 4.26. The highest BCUT2D eigenvalue weighted by atomic mass is 32.3. The Morgan fingerprint density at radius 1 is 1.16 bits per heavy atom. The third-order valence-corrected chi connectivity index (χ3v) is 12.8. The summed E-state index contributed by atoms with van der Waals surface area (Å²) in [4.78, 5) is 5.18. The molecule has 11 heteroatoms.